The summed E-state index contributed by atoms with van der Waals surface area (Å²) in [5.74, 6) is 0.927. The van der Waals surface area contributed by atoms with Crippen molar-refractivity contribution in [3.05, 3.63) is 22.8 Å². The van der Waals surface area contributed by atoms with Gasteiger partial charge in [0.15, 0.2) is 0 Å². The topological polar surface area (TPSA) is 34.1 Å². The maximum atomic E-state index is 4.98. The van der Waals surface area contributed by atoms with Crippen LogP contribution in [0.5, 0.6) is 0 Å². The van der Waals surface area contributed by atoms with Crippen LogP contribution in [-0.4, -0.2) is 25.2 Å². The number of nitrogens with zero attached hydrogens (tertiary/aromatic N) is 1. The summed E-state index contributed by atoms with van der Waals surface area (Å²) < 4.78 is 5.85. The lowest BCUT2D eigenvalue weighted by Gasteiger charge is -2.05. The van der Waals surface area contributed by atoms with Gasteiger partial charge in [0, 0.05) is 20.3 Å². The molecular formula is C11H17BrN2O. The summed E-state index contributed by atoms with van der Waals surface area (Å²) in [6, 6.07) is 5.87. The second kappa shape index (κ2) is 7.65. The van der Waals surface area contributed by atoms with Crippen LogP contribution in [0.2, 0.25) is 0 Å². The highest BCUT2D eigenvalue weighted by atomic mass is 79.9. The van der Waals surface area contributed by atoms with Gasteiger partial charge < -0.3 is 10.1 Å². The highest BCUT2D eigenvalue weighted by molar-refractivity contribution is 9.10. The van der Waals surface area contributed by atoms with Crippen LogP contribution >= 0.6 is 15.9 Å². The summed E-state index contributed by atoms with van der Waals surface area (Å²) in [7, 11) is 1.74. The Bertz CT molecular complexity index is 281. The molecule has 1 N–H and O–H groups in total. The molecule has 0 bridgehead atoms. The molecule has 0 aliphatic carbocycles. The Morgan fingerprint density at radius 2 is 2.20 bits per heavy atom. The minimum absolute atomic E-state index is 0.856. The van der Waals surface area contributed by atoms with Crippen LogP contribution in [0.25, 0.3) is 0 Å². The first-order valence-electron chi connectivity index (χ1n) is 5.18. The first-order chi connectivity index (χ1) is 7.33. The van der Waals surface area contributed by atoms with Gasteiger partial charge in [-0.25, -0.2) is 4.98 Å². The second-order valence-corrected chi connectivity index (χ2v) is 4.14. The van der Waals surface area contributed by atoms with Crippen LogP contribution in [0.4, 0.5) is 5.82 Å². The van der Waals surface area contributed by atoms with E-state index in [0.29, 0.717) is 0 Å². The Kier molecular flexibility index (Phi) is 6.36. The van der Waals surface area contributed by atoms with Crippen molar-refractivity contribution in [2.24, 2.45) is 0 Å². The second-order valence-electron chi connectivity index (χ2n) is 3.33. The van der Waals surface area contributed by atoms with E-state index in [0.717, 1.165) is 36.4 Å². The first-order valence-corrected chi connectivity index (χ1v) is 5.97. The molecule has 0 saturated carbocycles. The molecule has 0 unspecified atom stereocenters. The number of hydrogen-bond acceptors (Lipinski definition) is 3. The molecule has 1 aromatic heterocycles. The fraction of sp³-hybridized carbons (Fsp3) is 0.545. The van der Waals surface area contributed by atoms with Crippen molar-refractivity contribution < 1.29 is 4.74 Å². The van der Waals surface area contributed by atoms with Gasteiger partial charge in [-0.15, -0.1) is 0 Å². The Morgan fingerprint density at radius 3 is 2.93 bits per heavy atom. The van der Waals surface area contributed by atoms with Crippen molar-refractivity contribution in [1.29, 1.82) is 0 Å². The number of rotatable bonds is 7. The lowest BCUT2D eigenvalue weighted by molar-refractivity contribution is 0.192. The summed E-state index contributed by atoms with van der Waals surface area (Å²) in [6.45, 7) is 1.82. The Labute approximate surface area is 99.4 Å². The molecule has 0 aromatic carbocycles. The zero-order chi connectivity index (χ0) is 10.9. The molecule has 3 nitrogen and oxygen atoms in total. The molecule has 1 rings (SSSR count). The summed E-state index contributed by atoms with van der Waals surface area (Å²) in [6.07, 6.45) is 3.47. The zero-order valence-electron chi connectivity index (χ0n) is 9.00. The van der Waals surface area contributed by atoms with Crippen LogP contribution in [0.15, 0.2) is 22.8 Å². The van der Waals surface area contributed by atoms with E-state index in [1.807, 2.05) is 18.2 Å². The van der Waals surface area contributed by atoms with E-state index in [1.165, 1.54) is 6.42 Å². The van der Waals surface area contributed by atoms with Gasteiger partial charge in [0.05, 0.1) is 0 Å². The number of ether oxygens (including phenoxy) is 1. The van der Waals surface area contributed by atoms with E-state index in [9.17, 15) is 0 Å². The molecule has 0 radical (unpaired) electrons. The molecule has 4 heteroatoms. The largest absolute Gasteiger partial charge is 0.385 e. The Morgan fingerprint density at radius 1 is 1.33 bits per heavy atom. The summed E-state index contributed by atoms with van der Waals surface area (Å²) in [5, 5.41) is 3.28. The van der Waals surface area contributed by atoms with Crippen LogP contribution in [0.1, 0.15) is 19.3 Å². The molecule has 0 saturated heterocycles. The molecule has 1 heterocycles. The van der Waals surface area contributed by atoms with Crippen LogP contribution in [0, 0.1) is 0 Å². The predicted molar refractivity (Wildman–Crippen MR) is 66.2 cm³/mol. The number of hydrogen-bond donors (Lipinski definition) is 1. The molecule has 0 atom stereocenters. The van der Waals surface area contributed by atoms with Gasteiger partial charge in [-0.05, 0) is 47.3 Å². The fourth-order valence-electron chi connectivity index (χ4n) is 1.27. The highest BCUT2D eigenvalue weighted by Gasteiger charge is 1.94. The van der Waals surface area contributed by atoms with Gasteiger partial charge in [-0.1, -0.05) is 6.07 Å². The van der Waals surface area contributed by atoms with Gasteiger partial charge in [0.1, 0.15) is 10.4 Å². The molecule has 0 aliphatic heterocycles. The molecule has 0 aliphatic rings. The normalized spacial score (nSPS) is 10.3. The van der Waals surface area contributed by atoms with Crippen molar-refractivity contribution in [2.75, 3.05) is 25.6 Å². The summed E-state index contributed by atoms with van der Waals surface area (Å²) in [5.41, 5.74) is 0. The predicted octanol–water partition coefficient (Wildman–Crippen LogP) is 3.07. The quantitative estimate of drug-likeness (QED) is 0.612. The van der Waals surface area contributed by atoms with E-state index >= 15 is 0 Å². The zero-order valence-corrected chi connectivity index (χ0v) is 10.6. The molecule has 0 spiro atoms. The van der Waals surface area contributed by atoms with Crippen molar-refractivity contribution in [3.8, 4) is 0 Å². The third kappa shape index (κ3) is 5.74. The number of aromatic nitrogens is 1. The van der Waals surface area contributed by atoms with E-state index in [-0.39, 0.29) is 0 Å². The minimum atomic E-state index is 0.856. The molecule has 84 valence electrons. The van der Waals surface area contributed by atoms with E-state index in [2.05, 4.69) is 26.2 Å². The average Bonchev–Trinajstić information content (AvgIpc) is 2.23. The van der Waals surface area contributed by atoms with E-state index in [1.54, 1.807) is 7.11 Å². The maximum absolute atomic E-state index is 4.98. The third-order valence-corrected chi connectivity index (χ3v) is 2.49. The number of nitrogens with one attached hydrogen (secondary N) is 1. The van der Waals surface area contributed by atoms with Crippen molar-refractivity contribution in [1.82, 2.24) is 4.98 Å². The smallest absolute Gasteiger partial charge is 0.127 e. The van der Waals surface area contributed by atoms with Gasteiger partial charge in [0.2, 0.25) is 0 Å². The van der Waals surface area contributed by atoms with Crippen LogP contribution in [-0.2, 0) is 4.74 Å². The maximum Gasteiger partial charge on any atom is 0.127 e. The highest BCUT2D eigenvalue weighted by Crippen LogP contribution is 2.10. The number of pyridine rings is 1. The molecule has 1 aromatic rings. The van der Waals surface area contributed by atoms with Crippen LogP contribution in [0.3, 0.4) is 0 Å². The van der Waals surface area contributed by atoms with Gasteiger partial charge in [-0.3, -0.25) is 0 Å². The standard InChI is InChI=1S/C11H17BrN2O/c1-15-9-4-2-3-8-13-11-7-5-6-10(12)14-11/h5-7H,2-4,8-9H2,1H3,(H,13,14). The van der Waals surface area contributed by atoms with Gasteiger partial charge >= 0.3 is 0 Å². The summed E-state index contributed by atoms with van der Waals surface area (Å²) in [4.78, 5) is 4.29. The minimum Gasteiger partial charge on any atom is -0.385 e. The number of methoxy groups -OCH3 is 1. The average molecular weight is 273 g/mol. The molecular weight excluding hydrogens is 256 g/mol. The number of halogens is 1. The van der Waals surface area contributed by atoms with E-state index in [4.69, 9.17) is 4.74 Å². The lowest BCUT2D eigenvalue weighted by Crippen LogP contribution is -2.03. The summed E-state index contributed by atoms with van der Waals surface area (Å²) >= 11 is 3.34. The fourth-order valence-corrected chi connectivity index (χ4v) is 1.62. The van der Waals surface area contributed by atoms with Crippen molar-refractivity contribution in [2.45, 2.75) is 19.3 Å². The van der Waals surface area contributed by atoms with E-state index < -0.39 is 0 Å². The van der Waals surface area contributed by atoms with Crippen LogP contribution < -0.4 is 5.32 Å². The van der Waals surface area contributed by atoms with Gasteiger partial charge in [0.25, 0.3) is 0 Å². The Balaban J connectivity index is 2.10. The van der Waals surface area contributed by atoms with Crippen molar-refractivity contribution in [3.63, 3.8) is 0 Å². The number of anilines is 1. The SMILES string of the molecule is COCCCCCNc1cccc(Br)n1. The molecule has 15 heavy (non-hydrogen) atoms. The lowest BCUT2D eigenvalue weighted by atomic mass is 10.2. The van der Waals surface area contributed by atoms with Crippen molar-refractivity contribution >= 4 is 21.7 Å². The number of unbranched alkanes of at least 4 members (excludes halogenated alkanes) is 2. The molecule has 0 amide bonds. The third-order valence-electron chi connectivity index (χ3n) is 2.05. The monoisotopic (exact) mass is 272 g/mol. The molecule has 0 fully saturated rings. The first kappa shape index (κ1) is 12.5. The Hall–Kier alpha value is -0.610. The van der Waals surface area contributed by atoms with Gasteiger partial charge in [-0.2, -0.15) is 0 Å².